The Morgan fingerprint density at radius 1 is 1.26 bits per heavy atom. The molecule has 0 fully saturated rings. The van der Waals surface area contributed by atoms with Gasteiger partial charge in [0.15, 0.2) is 10.7 Å². The highest BCUT2D eigenvalue weighted by Crippen LogP contribution is 2.35. The van der Waals surface area contributed by atoms with Crippen molar-refractivity contribution < 1.29 is 14.3 Å². The molecule has 3 aromatic rings. The Kier molecular flexibility index (Phi) is 5.54. The molecule has 142 valence electrons. The molecule has 0 aliphatic rings. The number of methoxy groups -OCH3 is 1. The number of benzene rings is 2. The Bertz CT molecular complexity index is 973. The van der Waals surface area contributed by atoms with Crippen LogP contribution in [-0.4, -0.2) is 23.6 Å². The first-order valence-electron chi connectivity index (χ1n) is 8.03. The maximum Gasteiger partial charge on any atom is 0.267 e. The van der Waals surface area contributed by atoms with Crippen LogP contribution in [0.2, 0.25) is 0 Å². The molecule has 0 saturated carbocycles. The molecule has 2 aromatic carbocycles. The van der Waals surface area contributed by atoms with Gasteiger partial charge >= 0.3 is 0 Å². The summed E-state index contributed by atoms with van der Waals surface area (Å²) < 4.78 is 13.0. The summed E-state index contributed by atoms with van der Waals surface area (Å²) in [6.07, 6.45) is 0. The number of anilines is 2. The van der Waals surface area contributed by atoms with Crippen LogP contribution in [-0.2, 0) is 4.79 Å². The third-order valence-corrected chi connectivity index (χ3v) is 5.26. The van der Waals surface area contributed by atoms with Crippen LogP contribution in [0.1, 0.15) is 13.8 Å². The maximum atomic E-state index is 12.8. The average molecular weight is 451 g/mol. The van der Waals surface area contributed by atoms with Crippen molar-refractivity contribution in [2.24, 2.45) is 5.84 Å². The number of rotatable bonds is 6. The Morgan fingerprint density at radius 3 is 2.59 bits per heavy atom. The molecule has 0 aliphatic heterocycles. The number of fused-ring (bicyclic) bond motifs is 1. The van der Waals surface area contributed by atoms with Crippen LogP contribution < -0.4 is 26.1 Å². The SMILES string of the molecule is COc1cc(NC(=O)C(C)(C)Oc2ccc(Br)cc2)cc2sc(NN)nc12. The van der Waals surface area contributed by atoms with Gasteiger partial charge in [-0.25, -0.2) is 10.8 Å². The number of thiazole rings is 1. The van der Waals surface area contributed by atoms with Crippen molar-refractivity contribution in [1.82, 2.24) is 4.98 Å². The summed E-state index contributed by atoms with van der Waals surface area (Å²) in [4.78, 5) is 17.1. The maximum absolute atomic E-state index is 12.8. The fraction of sp³-hybridized carbons (Fsp3) is 0.222. The standard InChI is InChI=1S/C18H19BrN4O3S/c1-18(2,26-12-6-4-10(19)5-7-12)16(24)21-11-8-13(25-3)15-14(9-11)27-17(22-15)23-20/h4-9H,20H2,1-3H3,(H,21,24)(H,22,23). The van der Waals surface area contributed by atoms with E-state index in [9.17, 15) is 4.79 Å². The van der Waals surface area contributed by atoms with E-state index in [1.807, 2.05) is 18.2 Å². The zero-order valence-corrected chi connectivity index (χ0v) is 17.4. The number of nitrogens with zero attached hydrogens (tertiary/aromatic N) is 1. The fourth-order valence-electron chi connectivity index (χ4n) is 2.41. The number of hydrazine groups is 1. The molecule has 27 heavy (non-hydrogen) atoms. The topological polar surface area (TPSA) is 98.5 Å². The van der Waals surface area contributed by atoms with Crippen molar-refractivity contribution in [1.29, 1.82) is 0 Å². The molecule has 0 atom stereocenters. The van der Waals surface area contributed by atoms with E-state index in [0.29, 0.717) is 27.8 Å². The second-order valence-corrected chi connectivity index (χ2v) is 8.16. The van der Waals surface area contributed by atoms with Gasteiger partial charge in [-0.3, -0.25) is 10.2 Å². The molecule has 0 radical (unpaired) electrons. The molecule has 3 rings (SSSR count). The molecule has 1 amide bonds. The highest BCUT2D eigenvalue weighted by molar-refractivity contribution is 9.10. The quantitative estimate of drug-likeness (QED) is 0.385. The third-order valence-electron chi connectivity index (χ3n) is 3.79. The molecule has 1 aromatic heterocycles. The number of carbonyl (C=O) groups is 1. The van der Waals surface area contributed by atoms with Gasteiger partial charge in [-0.2, -0.15) is 0 Å². The van der Waals surface area contributed by atoms with Gasteiger partial charge < -0.3 is 14.8 Å². The monoisotopic (exact) mass is 450 g/mol. The number of nitrogens with two attached hydrogens (primary N) is 1. The summed E-state index contributed by atoms with van der Waals surface area (Å²) in [6.45, 7) is 3.42. The first-order valence-corrected chi connectivity index (χ1v) is 9.64. The summed E-state index contributed by atoms with van der Waals surface area (Å²) in [5.74, 6) is 6.30. The zero-order valence-electron chi connectivity index (χ0n) is 15.0. The molecule has 0 aliphatic carbocycles. The Hall–Kier alpha value is -2.36. The normalized spacial score (nSPS) is 11.3. The van der Waals surface area contributed by atoms with Crippen LogP contribution >= 0.6 is 27.3 Å². The van der Waals surface area contributed by atoms with Crippen molar-refractivity contribution >= 4 is 54.2 Å². The molecular formula is C18H19BrN4O3S. The van der Waals surface area contributed by atoms with Crippen LogP contribution in [0.4, 0.5) is 10.8 Å². The van der Waals surface area contributed by atoms with Crippen molar-refractivity contribution in [2.75, 3.05) is 17.9 Å². The Morgan fingerprint density at radius 2 is 1.96 bits per heavy atom. The fourth-order valence-corrected chi connectivity index (χ4v) is 3.51. The average Bonchev–Trinajstić information content (AvgIpc) is 3.06. The molecule has 0 spiro atoms. The number of hydrogen-bond acceptors (Lipinski definition) is 7. The van der Waals surface area contributed by atoms with E-state index in [2.05, 4.69) is 31.7 Å². The summed E-state index contributed by atoms with van der Waals surface area (Å²) >= 11 is 4.74. The Balaban J connectivity index is 1.82. The predicted molar refractivity (Wildman–Crippen MR) is 111 cm³/mol. The number of nitrogen functional groups attached to an aromatic ring is 1. The summed E-state index contributed by atoms with van der Waals surface area (Å²) in [6, 6.07) is 10.9. The van der Waals surface area contributed by atoms with Crippen LogP contribution in [0, 0.1) is 0 Å². The molecule has 4 N–H and O–H groups in total. The van der Waals surface area contributed by atoms with E-state index in [1.165, 1.54) is 11.3 Å². The molecule has 0 saturated heterocycles. The number of hydrogen-bond donors (Lipinski definition) is 3. The molecular weight excluding hydrogens is 432 g/mol. The van der Waals surface area contributed by atoms with Gasteiger partial charge in [0, 0.05) is 16.2 Å². The highest BCUT2D eigenvalue weighted by atomic mass is 79.9. The van der Waals surface area contributed by atoms with Crippen LogP contribution in [0.25, 0.3) is 10.2 Å². The van der Waals surface area contributed by atoms with E-state index in [4.69, 9.17) is 15.3 Å². The number of ether oxygens (including phenoxy) is 2. The smallest absolute Gasteiger partial charge is 0.267 e. The minimum absolute atomic E-state index is 0.284. The third kappa shape index (κ3) is 4.32. The van der Waals surface area contributed by atoms with Crippen molar-refractivity contribution in [3.8, 4) is 11.5 Å². The summed E-state index contributed by atoms with van der Waals surface area (Å²) in [5, 5.41) is 3.44. The molecule has 0 unspecified atom stereocenters. The Labute approximate surface area is 169 Å². The van der Waals surface area contributed by atoms with Gasteiger partial charge in [-0.05, 0) is 44.2 Å². The van der Waals surface area contributed by atoms with Gasteiger partial charge in [-0.15, -0.1) is 0 Å². The van der Waals surface area contributed by atoms with Gasteiger partial charge in [0.25, 0.3) is 5.91 Å². The second-order valence-electron chi connectivity index (χ2n) is 6.21. The second kappa shape index (κ2) is 7.71. The number of halogens is 1. The summed E-state index contributed by atoms with van der Waals surface area (Å²) in [5.41, 5.74) is 2.72. The van der Waals surface area contributed by atoms with E-state index < -0.39 is 5.60 Å². The van der Waals surface area contributed by atoms with Crippen molar-refractivity contribution in [3.05, 3.63) is 40.9 Å². The van der Waals surface area contributed by atoms with Crippen molar-refractivity contribution in [2.45, 2.75) is 19.4 Å². The van der Waals surface area contributed by atoms with Crippen LogP contribution in [0.5, 0.6) is 11.5 Å². The summed E-state index contributed by atoms with van der Waals surface area (Å²) in [7, 11) is 1.55. The highest BCUT2D eigenvalue weighted by Gasteiger charge is 2.30. The van der Waals surface area contributed by atoms with Crippen molar-refractivity contribution in [3.63, 3.8) is 0 Å². The number of aromatic nitrogens is 1. The first kappa shape index (κ1) is 19.4. The van der Waals surface area contributed by atoms with E-state index in [-0.39, 0.29) is 5.91 Å². The molecule has 9 heteroatoms. The number of carbonyl (C=O) groups excluding carboxylic acids is 1. The van der Waals surface area contributed by atoms with Gasteiger partial charge in [0.1, 0.15) is 17.0 Å². The van der Waals surface area contributed by atoms with Gasteiger partial charge in [0.05, 0.1) is 11.8 Å². The predicted octanol–water partition coefficient (Wildman–Crippen LogP) is 4.15. The van der Waals surface area contributed by atoms with E-state index >= 15 is 0 Å². The largest absolute Gasteiger partial charge is 0.494 e. The zero-order chi connectivity index (χ0) is 19.6. The van der Waals surface area contributed by atoms with Gasteiger partial charge in [0.2, 0.25) is 0 Å². The first-order chi connectivity index (χ1) is 12.8. The van der Waals surface area contributed by atoms with Gasteiger partial charge in [-0.1, -0.05) is 27.3 Å². The molecule has 7 nitrogen and oxygen atoms in total. The number of amides is 1. The van der Waals surface area contributed by atoms with Crippen LogP contribution in [0.15, 0.2) is 40.9 Å². The minimum atomic E-state index is -1.08. The van der Waals surface area contributed by atoms with Crippen LogP contribution in [0.3, 0.4) is 0 Å². The lowest BCUT2D eigenvalue weighted by atomic mass is 10.1. The molecule has 1 heterocycles. The molecule has 0 bridgehead atoms. The lowest BCUT2D eigenvalue weighted by molar-refractivity contribution is -0.128. The van der Waals surface area contributed by atoms with E-state index in [1.54, 1.807) is 39.2 Å². The lowest BCUT2D eigenvalue weighted by Crippen LogP contribution is -2.42. The lowest BCUT2D eigenvalue weighted by Gasteiger charge is -2.25. The number of nitrogens with one attached hydrogen (secondary N) is 2. The van der Waals surface area contributed by atoms with E-state index in [0.717, 1.165) is 9.17 Å². The minimum Gasteiger partial charge on any atom is -0.494 e.